The van der Waals surface area contributed by atoms with Crippen molar-refractivity contribution in [3.05, 3.63) is 35.2 Å². The number of thiazole rings is 1. The summed E-state index contributed by atoms with van der Waals surface area (Å²) in [6.45, 7) is 2.50. The van der Waals surface area contributed by atoms with Crippen molar-refractivity contribution >= 4 is 22.4 Å². The Labute approximate surface area is 127 Å². The minimum atomic E-state index is -0.445. The van der Waals surface area contributed by atoms with Crippen LogP contribution in [-0.2, 0) is 4.79 Å². The van der Waals surface area contributed by atoms with E-state index >= 15 is 0 Å². The molecule has 1 aromatic carbocycles. The molecule has 1 saturated heterocycles. The topological polar surface area (TPSA) is 74.2 Å². The summed E-state index contributed by atoms with van der Waals surface area (Å²) in [5.74, 6) is -0.141. The number of anilines is 1. The number of hydrogen-bond acceptors (Lipinski definition) is 5. The summed E-state index contributed by atoms with van der Waals surface area (Å²) in [6, 6.07) is 7.68. The maximum absolute atomic E-state index is 12.1. The molecule has 0 unspecified atom stereocenters. The second-order valence-corrected chi connectivity index (χ2v) is 6.05. The highest BCUT2D eigenvalue weighted by Crippen LogP contribution is 2.27. The molecule has 0 bridgehead atoms. The average Bonchev–Trinajstić information content (AvgIpc) is 3.08. The molecule has 1 aliphatic heterocycles. The zero-order valence-electron chi connectivity index (χ0n) is 11.7. The first-order chi connectivity index (χ1) is 10.1. The number of nitrogens with zero attached hydrogens (tertiary/aromatic N) is 1. The Kier molecular flexibility index (Phi) is 4.01. The molecule has 1 amide bonds. The van der Waals surface area contributed by atoms with Crippen molar-refractivity contribution in [1.29, 1.82) is 0 Å². The Hall–Kier alpha value is -1.76. The zero-order chi connectivity index (χ0) is 14.8. The van der Waals surface area contributed by atoms with E-state index < -0.39 is 6.10 Å². The molecule has 0 saturated carbocycles. The second-order valence-electron chi connectivity index (χ2n) is 5.19. The monoisotopic (exact) mass is 303 g/mol. The molecule has 3 N–H and O–H groups in total. The standard InChI is InChI=1S/C15H17N3O2S/c1-9-4-2-3-5-11(9)13-8-21-15(17-13)18-14(20)12-6-10(19)7-16-12/h2-5,8,10,12,16,19H,6-7H2,1H3,(H,17,18,20)/t10-,12-/m1/s1. The third-order valence-corrected chi connectivity index (χ3v) is 4.34. The predicted molar refractivity (Wildman–Crippen MR) is 83.3 cm³/mol. The first-order valence-electron chi connectivity index (χ1n) is 6.87. The van der Waals surface area contributed by atoms with E-state index in [1.165, 1.54) is 11.3 Å². The summed E-state index contributed by atoms with van der Waals surface area (Å²) < 4.78 is 0. The van der Waals surface area contributed by atoms with Gasteiger partial charge < -0.3 is 15.7 Å². The summed E-state index contributed by atoms with van der Waals surface area (Å²) in [7, 11) is 0. The van der Waals surface area contributed by atoms with Crippen molar-refractivity contribution < 1.29 is 9.90 Å². The number of carbonyl (C=O) groups excluding carboxylic acids is 1. The van der Waals surface area contributed by atoms with Crippen molar-refractivity contribution in [2.24, 2.45) is 0 Å². The first kappa shape index (κ1) is 14.2. The summed E-state index contributed by atoms with van der Waals surface area (Å²) in [4.78, 5) is 16.5. The number of carbonyl (C=O) groups is 1. The number of aliphatic hydroxyl groups is 1. The number of aromatic nitrogens is 1. The number of rotatable bonds is 3. The predicted octanol–water partition coefficient (Wildman–Crippen LogP) is 1.78. The fraction of sp³-hybridized carbons (Fsp3) is 0.333. The molecule has 3 rings (SSSR count). The van der Waals surface area contributed by atoms with Gasteiger partial charge in [-0.1, -0.05) is 24.3 Å². The Morgan fingerprint density at radius 1 is 1.48 bits per heavy atom. The molecule has 6 heteroatoms. The van der Waals surface area contributed by atoms with E-state index in [1.807, 2.05) is 36.6 Å². The summed E-state index contributed by atoms with van der Waals surface area (Å²) in [5.41, 5.74) is 3.10. The van der Waals surface area contributed by atoms with Gasteiger partial charge in [0.15, 0.2) is 5.13 Å². The largest absolute Gasteiger partial charge is 0.392 e. The van der Waals surface area contributed by atoms with Gasteiger partial charge in [-0.2, -0.15) is 0 Å². The van der Waals surface area contributed by atoms with Crippen LogP contribution in [0.5, 0.6) is 0 Å². The van der Waals surface area contributed by atoms with E-state index in [2.05, 4.69) is 15.6 Å². The number of aliphatic hydroxyl groups excluding tert-OH is 1. The smallest absolute Gasteiger partial charge is 0.243 e. The van der Waals surface area contributed by atoms with Crippen LogP contribution in [0.4, 0.5) is 5.13 Å². The van der Waals surface area contributed by atoms with Crippen LogP contribution in [0.15, 0.2) is 29.6 Å². The highest BCUT2D eigenvalue weighted by Gasteiger charge is 2.28. The lowest BCUT2D eigenvalue weighted by Gasteiger charge is -2.08. The Morgan fingerprint density at radius 3 is 3.00 bits per heavy atom. The molecule has 1 aliphatic rings. The van der Waals surface area contributed by atoms with Crippen molar-refractivity contribution in [3.63, 3.8) is 0 Å². The van der Waals surface area contributed by atoms with E-state index in [1.54, 1.807) is 0 Å². The molecule has 110 valence electrons. The minimum absolute atomic E-state index is 0.141. The number of β-amino-alcohol motifs (C(OH)–C–C–N with tert-alkyl or cyclic N) is 1. The third-order valence-electron chi connectivity index (χ3n) is 3.58. The van der Waals surface area contributed by atoms with Crippen LogP contribution >= 0.6 is 11.3 Å². The molecule has 2 aromatic rings. The van der Waals surface area contributed by atoms with E-state index in [9.17, 15) is 9.90 Å². The number of benzene rings is 1. The highest BCUT2D eigenvalue weighted by molar-refractivity contribution is 7.14. The fourth-order valence-corrected chi connectivity index (χ4v) is 3.14. The zero-order valence-corrected chi connectivity index (χ0v) is 12.5. The quantitative estimate of drug-likeness (QED) is 0.808. The lowest BCUT2D eigenvalue weighted by Crippen LogP contribution is -2.35. The first-order valence-corrected chi connectivity index (χ1v) is 7.75. The van der Waals surface area contributed by atoms with Crippen LogP contribution in [0.2, 0.25) is 0 Å². The Morgan fingerprint density at radius 2 is 2.29 bits per heavy atom. The molecular weight excluding hydrogens is 286 g/mol. The summed E-state index contributed by atoms with van der Waals surface area (Å²) in [5, 5.41) is 17.8. The van der Waals surface area contributed by atoms with Gasteiger partial charge in [-0.05, 0) is 18.9 Å². The van der Waals surface area contributed by atoms with E-state index in [0.717, 1.165) is 16.8 Å². The number of nitrogens with one attached hydrogen (secondary N) is 2. The van der Waals surface area contributed by atoms with Crippen LogP contribution in [0.25, 0.3) is 11.3 Å². The van der Waals surface area contributed by atoms with Gasteiger partial charge in [0.2, 0.25) is 5.91 Å². The van der Waals surface area contributed by atoms with Crippen molar-refractivity contribution in [1.82, 2.24) is 10.3 Å². The molecule has 0 spiro atoms. The molecule has 2 heterocycles. The van der Waals surface area contributed by atoms with Crippen LogP contribution in [-0.4, -0.2) is 34.7 Å². The molecule has 0 aliphatic carbocycles. The lowest BCUT2D eigenvalue weighted by molar-refractivity contribution is -0.117. The van der Waals surface area contributed by atoms with E-state index in [-0.39, 0.29) is 11.9 Å². The molecule has 5 nitrogen and oxygen atoms in total. The van der Waals surface area contributed by atoms with Gasteiger partial charge in [0.05, 0.1) is 17.8 Å². The van der Waals surface area contributed by atoms with Crippen molar-refractivity contribution in [3.8, 4) is 11.3 Å². The molecule has 1 aromatic heterocycles. The SMILES string of the molecule is Cc1ccccc1-c1csc(NC(=O)[C@H]2C[C@@H](O)CN2)n1. The number of aryl methyl sites for hydroxylation is 1. The van der Waals surface area contributed by atoms with Gasteiger partial charge in [0, 0.05) is 17.5 Å². The number of amides is 1. The molecule has 21 heavy (non-hydrogen) atoms. The Bertz CT molecular complexity index is 656. The third kappa shape index (κ3) is 3.12. The van der Waals surface area contributed by atoms with Gasteiger partial charge in [-0.3, -0.25) is 4.79 Å². The maximum atomic E-state index is 12.1. The molecule has 2 atom stereocenters. The minimum Gasteiger partial charge on any atom is -0.392 e. The van der Waals surface area contributed by atoms with Gasteiger partial charge in [0.1, 0.15) is 0 Å². The van der Waals surface area contributed by atoms with E-state index in [0.29, 0.717) is 18.1 Å². The average molecular weight is 303 g/mol. The normalized spacial score (nSPS) is 21.4. The van der Waals surface area contributed by atoms with Gasteiger partial charge >= 0.3 is 0 Å². The second kappa shape index (κ2) is 5.93. The van der Waals surface area contributed by atoms with Crippen LogP contribution < -0.4 is 10.6 Å². The van der Waals surface area contributed by atoms with Gasteiger partial charge in [-0.15, -0.1) is 11.3 Å². The molecule has 1 fully saturated rings. The maximum Gasteiger partial charge on any atom is 0.243 e. The Balaban J connectivity index is 1.71. The number of hydrogen-bond donors (Lipinski definition) is 3. The lowest BCUT2D eigenvalue weighted by atomic mass is 10.1. The van der Waals surface area contributed by atoms with Crippen molar-refractivity contribution in [2.45, 2.75) is 25.5 Å². The van der Waals surface area contributed by atoms with Crippen LogP contribution in [0.3, 0.4) is 0 Å². The van der Waals surface area contributed by atoms with Crippen LogP contribution in [0.1, 0.15) is 12.0 Å². The molecule has 0 radical (unpaired) electrons. The molecular formula is C15H17N3O2S. The van der Waals surface area contributed by atoms with Crippen LogP contribution in [0, 0.1) is 6.92 Å². The van der Waals surface area contributed by atoms with Gasteiger partial charge in [0.25, 0.3) is 0 Å². The summed E-state index contributed by atoms with van der Waals surface area (Å²) in [6.07, 6.45) is 0.00145. The van der Waals surface area contributed by atoms with Crippen molar-refractivity contribution in [2.75, 3.05) is 11.9 Å². The summed E-state index contributed by atoms with van der Waals surface area (Å²) >= 11 is 1.41. The highest BCUT2D eigenvalue weighted by atomic mass is 32.1. The van der Waals surface area contributed by atoms with Gasteiger partial charge in [-0.25, -0.2) is 4.98 Å². The van der Waals surface area contributed by atoms with E-state index in [4.69, 9.17) is 0 Å². The fourth-order valence-electron chi connectivity index (χ4n) is 2.42.